The molecule has 0 heterocycles. The van der Waals surface area contributed by atoms with E-state index in [-0.39, 0.29) is 5.78 Å². The molecule has 0 saturated heterocycles. The van der Waals surface area contributed by atoms with Crippen LogP contribution in [-0.2, 0) is 4.79 Å². The minimum atomic E-state index is -1.03. The van der Waals surface area contributed by atoms with E-state index in [1.54, 1.807) is 27.7 Å². The summed E-state index contributed by atoms with van der Waals surface area (Å²) in [5, 5.41) is 9.13. The van der Waals surface area contributed by atoms with E-state index in [0.717, 1.165) is 0 Å². The molecule has 0 spiro atoms. The van der Waals surface area contributed by atoms with Crippen LogP contribution in [-0.4, -0.2) is 33.5 Å². The van der Waals surface area contributed by atoms with Crippen molar-refractivity contribution in [2.24, 2.45) is 0 Å². The van der Waals surface area contributed by atoms with Crippen molar-refractivity contribution in [1.29, 1.82) is 0 Å². The zero-order valence-electron chi connectivity index (χ0n) is 10.2. The molecule has 0 aliphatic rings. The summed E-state index contributed by atoms with van der Waals surface area (Å²) in [6, 6.07) is -0.521. The molecule has 0 rings (SSSR count). The normalized spacial score (nSPS) is 13.4. The van der Waals surface area contributed by atoms with Crippen LogP contribution in [0.25, 0.3) is 0 Å². The van der Waals surface area contributed by atoms with Crippen molar-refractivity contribution < 1.29 is 14.7 Å². The standard InChI is InChI=1S/C11H21NO3/c1-6-8(9(13)7-2)12(10(14)15)11(3,4)5/h8H,6-7H2,1-5H3,(H,14,15). The fraction of sp³-hybridized carbons (Fsp3) is 0.818. The molecule has 0 fully saturated rings. The lowest BCUT2D eigenvalue weighted by Gasteiger charge is -2.38. The largest absolute Gasteiger partial charge is 0.465 e. The van der Waals surface area contributed by atoms with E-state index >= 15 is 0 Å². The minimum absolute atomic E-state index is 0.0187. The van der Waals surface area contributed by atoms with Crippen LogP contribution in [0.1, 0.15) is 47.5 Å². The third-order valence-corrected chi connectivity index (χ3v) is 2.35. The SMILES string of the molecule is CCC(=O)C(CC)N(C(=O)O)C(C)(C)C. The highest BCUT2D eigenvalue weighted by Crippen LogP contribution is 2.20. The van der Waals surface area contributed by atoms with Crippen LogP contribution in [0.15, 0.2) is 0 Å². The fourth-order valence-corrected chi connectivity index (χ4v) is 1.68. The summed E-state index contributed by atoms with van der Waals surface area (Å²) in [4.78, 5) is 24.0. The summed E-state index contributed by atoms with van der Waals surface area (Å²) >= 11 is 0. The number of carbonyl (C=O) groups is 2. The van der Waals surface area contributed by atoms with Gasteiger partial charge in [-0.2, -0.15) is 0 Å². The van der Waals surface area contributed by atoms with E-state index < -0.39 is 17.7 Å². The molecule has 0 aromatic heterocycles. The van der Waals surface area contributed by atoms with Crippen molar-refractivity contribution in [2.45, 2.75) is 59.0 Å². The number of hydrogen-bond acceptors (Lipinski definition) is 2. The van der Waals surface area contributed by atoms with Crippen LogP contribution in [0.2, 0.25) is 0 Å². The molecule has 0 aliphatic heterocycles. The lowest BCUT2D eigenvalue weighted by Crippen LogP contribution is -2.53. The first-order valence-electron chi connectivity index (χ1n) is 5.30. The van der Waals surface area contributed by atoms with Crippen molar-refractivity contribution in [1.82, 2.24) is 4.90 Å². The van der Waals surface area contributed by atoms with Gasteiger partial charge in [0.05, 0.1) is 6.04 Å². The first-order chi connectivity index (χ1) is 6.75. The number of Topliss-reactive ketones (excluding diaryl/α,β-unsaturated/α-hetero) is 1. The highest BCUT2D eigenvalue weighted by molar-refractivity contribution is 5.87. The summed E-state index contributed by atoms with van der Waals surface area (Å²) in [5.74, 6) is -0.0187. The zero-order chi connectivity index (χ0) is 12.2. The smallest absolute Gasteiger partial charge is 0.408 e. The van der Waals surface area contributed by atoms with Gasteiger partial charge in [-0.3, -0.25) is 9.69 Å². The highest BCUT2D eigenvalue weighted by atomic mass is 16.4. The molecule has 1 unspecified atom stereocenters. The van der Waals surface area contributed by atoms with Gasteiger partial charge >= 0.3 is 6.09 Å². The molecule has 0 bridgehead atoms. The van der Waals surface area contributed by atoms with Crippen LogP contribution >= 0.6 is 0 Å². The van der Waals surface area contributed by atoms with Crippen molar-refractivity contribution in [2.75, 3.05) is 0 Å². The lowest BCUT2D eigenvalue weighted by atomic mass is 9.98. The highest BCUT2D eigenvalue weighted by Gasteiger charge is 2.35. The molecule has 0 aromatic carbocycles. The van der Waals surface area contributed by atoms with Gasteiger partial charge in [0.1, 0.15) is 0 Å². The maximum absolute atomic E-state index is 11.6. The van der Waals surface area contributed by atoms with Crippen molar-refractivity contribution in [3.05, 3.63) is 0 Å². The molecule has 88 valence electrons. The van der Waals surface area contributed by atoms with Gasteiger partial charge in [0.25, 0.3) is 0 Å². The van der Waals surface area contributed by atoms with Crippen LogP contribution in [0.3, 0.4) is 0 Å². The molecule has 1 N–H and O–H groups in total. The first kappa shape index (κ1) is 13.9. The molecule has 1 atom stereocenters. The molecule has 0 saturated carbocycles. The van der Waals surface area contributed by atoms with E-state index in [1.165, 1.54) is 4.90 Å². The van der Waals surface area contributed by atoms with Gasteiger partial charge in [-0.15, -0.1) is 0 Å². The molecule has 4 heteroatoms. The summed E-state index contributed by atoms with van der Waals surface area (Å²) < 4.78 is 0. The topological polar surface area (TPSA) is 57.6 Å². The molecular formula is C11H21NO3. The Hall–Kier alpha value is -1.06. The molecule has 1 amide bonds. The Balaban J connectivity index is 5.04. The van der Waals surface area contributed by atoms with Crippen LogP contribution < -0.4 is 0 Å². The first-order valence-corrected chi connectivity index (χ1v) is 5.30. The van der Waals surface area contributed by atoms with E-state index in [0.29, 0.717) is 12.8 Å². The Bertz CT molecular complexity index is 243. The average Bonchev–Trinajstić information content (AvgIpc) is 2.09. The minimum Gasteiger partial charge on any atom is -0.465 e. The fourth-order valence-electron chi connectivity index (χ4n) is 1.68. The second kappa shape index (κ2) is 5.14. The van der Waals surface area contributed by atoms with Crippen LogP contribution in [0.4, 0.5) is 4.79 Å². The van der Waals surface area contributed by atoms with Gasteiger partial charge in [0.2, 0.25) is 0 Å². The quantitative estimate of drug-likeness (QED) is 0.784. The second-order valence-corrected chi connectivity index (χ2v) is 4.57. The Labute approximate surface area is 91.3 Å². The zero-order valence-corrected chi connectivity index (χ0v) is 10.2. The Morgan fingerprint density at radius 3 is 1.93 bits per heavy atom. The summed E-state index contributed by atoms with van der Waals surface area (Å²) in [7, 11) is 0. The average molecular weight is 215 g/mol. The molecule has 0 aromatic rings. The summed E-state index contributed by atoms with van der Waals surface area (Å²) in [5.41, 5.74) is -0.544. The number of amides is 1. The number of carboxylic acid groups (broad SMARTS) is 1. The molecule has 0 radical (unpaired) electrons. The lowest BCUT2D eigenvalue weighted by molar-refractivity contribution is -0.125. The molecule has 0 aliphatic carbocycles. The number of rotatable bonds is 4. The van der Waals surface area contributed by atoms with E-state index in [4.69, 9.17) is 5.11 Å². The van der Waals surface area contributed by atoms with Crippen molar-refractivity contribution >= 4 is 11.9 Å². The Morgan fingerprint density at radius 2 is 1.73 bits per heavy atom. The van der Waals surface area contributed by atoms with Gasteiger partial charge < -0.3 is 5.11 Å². The number of carbonyl (C=O) groups excluding carboxylic acids is 1. The van der Waals surface area contributed by atoms with Crippen molar-refractivity contribution in [3.8, 4) is 0 Å². The predicted octanol–water partition coefficient (Wildman–Crippen LogP) is 2.52. The number of nitrogens with zero attached hydrogens (tertiary/aromatic N) is 1. The van der Waals surface area contributed by atoms with Gasteiger partial charge in [0.15, 0.2) is 5.78 Å². The predicted molar refractivity (Wildman–Crippen MR) is 59.0 cm³/mol. The van der Waals surface area contributed by atoms with E-state index in [9.17, 15) is 9.59 Å². The van der Waals surface area contributed by atoms with Gasteiger partial charge in [-0.25, -0.2) is 4.79 Å². The summed E-state index contributed by atoms with van der Waals surface area (Å²) in [6.07, 6.45) is -0.134. The Morgan fingerprint density at radius 1 is 1.27 bits per heavy atom. The maximum Gasteiger partial charge on any atom is 0.408 e. The van der Waals surface area contributed by atoms with Crippen molar-refractivity contribution in [3.63, 3.8) is 0 Å². The molecular weight excluding hydrogens is 194 g/mol. The third kappa shape index (κ3) is 3.53. The van der Waals surface area contributed by atoms with Gasteiger partial charge in [0, 0.05) is 12.0 Å². The second-order valence-electron chi connectivity index (χ2n) is 4.57. The maximum atomic E-state index is 11.6. The third-order valence-electron chi connectivity index (χ3n) is 2.35. The number of hydrogen-bond donors (Lipinski definition) is 1. The van der Waals surface area contributed by atoms with Crippen LogP contribution in [0.5, 0.6) is 0 Å². The monoisotopic (exact) mass is 215 g/mol. The Kier molecular flexibility index (Phi) is 4.78. The van der Waals surface area contributed by atoms with Gasteiger partial charge in [-0.05, 0) is 27.2 Å². The summed E-state index contributed by atoms with van der Waals surface area (Å²) in [6.45, 7) is 8.99. The van der Waals surface area contributed by atoms with Crippen LogP contribution in [0, 0.1) is 0 Å². The van der Waals surface area contributed by atoms with E-state index in [2.05, 4.69) is 0 Å². The molecule has 15 heavy (non-hydrogen) atoms. The molecule has 4 nitrogen and oxygen atoms in total. The number of ketones is 1. The van der Waals surface area contributed by atoms with Gasteiger partial charge in [-0.1, -0.05) is 13.8 Å². The van der Waals surface area contributed by atoms with E-state index in [1.807, 2.05) is 6.92 Å².